The van der Waals surface area contributed by atoms with Crippen LogP contribution in [0.5, 0.6) is 17.2 Å². The van der Waals surface area contributed by atoms with E-state index >= 15 is 0 Å². The summed E-state index contributed by atoms with van der Waals surface area (Å²) in [5, 5.41) is -0.333. The molecule has 2 aromatic rings. The van der Waals surface area contributed by atoms with Gasteiger partial charge in [-0.1, -0.05) is 11.6 Å². The zero-order valence-electron chi connectivity index (χ0n) is 13.2. The third-order valence-electron chi connectivity index (χ3n) is 3.36. The van der Waals surface area contributed by atoms with Crippen LogP contribution in [0, 0.1) is 0 Å². The number of fused-ring (bicyclic) bond motifs is 1. The van der Waals surface area contributed by atoms with Gasteiger partial charge in [0.15, 0.2) is 11.5 Å². The number of hydrogen-bond acceptors (Lipinski definition) is 6. The first-order valence-corrected chi connectivity index (χ1v) is 9.08. The van der Waals surface area contributed by atoms with Gasteiger partial charge >= 0.3 is 6.61 Å². The van der Waals surface area contributed by atoms with Crippen LogP contribution in [0.4, 0.5) is 8.78 Å². The fourth-order valence-corrected chi connectivity index (χ4v) is 3.28. The van der Waals surface area contributed by atoms with Crippen LogP contribution < -0.4 is 24.5 Å². The molecule has 1 aliphatic rings. The monoisotopic (exact) mass is 420 g/mol. The summed E-state index contributed by atoms with van der Waals surface area (Å²) in [7, 11) is -4.21. The molecule has 3 rings (SSSR count). The van der Waals surface area contributed by atoms with Gasteiger partial charge in [-0.2, -0.15) is 8.78 Å². The van der Waals surface area contributed by atoms with E-state index in [4.69, 9.17) is 21.1 Å². The van der Waals surface area contributed by atoms with Crippen molar-refractivity contribution >= 4 is 27.5 Å². The molecule has 0 saturated heterocycles. The van der Waals surface area contributed by atoms with E-state index in [1.165, 1.54) is 18.2 Å². The molecule has 0 fully saturated rings. The van der Waals surface area contributed by atoms with Crippen molar-refractivity contribution in [2.75, 3.05) is 6.79 Å². The van der Waals surface area contributed by atoms with Crippen molar-refractivity contribution in [3.8, 4) is 17.2 Å². The number of benzene rings is 2. The molecule has 1 heterocycles. The third-order valence-corrected chi connectivity index (χ3v) is 4.90. The van der Waals surface area contributed by atoms with Crippen molar-refractivity contribution in [3.05, 3.63) is 47.0 Å². The number of hydrogen-bond donors (Lipinski definition) is 2. The SMILES string of the molecule is O=C(NNS(=O)(=O)c1ccc(OC(F)F)c(Cl)c1)c1ccc2c(c1)OCO2. The maximum Gasteiger partial charge on any atom is 0.387 e. The van der Waals surface area contributed by atoms with Crippen LogP contribution in [0.2, 0.25) is 5.02 Å². The van der Waals surface area contributed by atoms with Gasteiger partial charge in [-0.3, -0.25) is 10.2 Å². The van der Waals surface area contributed by atoms with E-state index < -0.39 is 22.5 Å². The molecule has 0 radical (unpaired) electrons. The highest BCUT2D eigenvalue weighted by molar-refractivity contribution is 7.89. The molecule has 1 amide bonds. The Kier molecular flexibility index (Phi) is 5.35. The summed E-state index contributed by atoms with van der Waals surface area (Å²) in [5.41, 5.74) is 2.15. The Morgan fingerprint density at radius 2 is 1.89 bits per heavy atom. The number of halogens is 3. The summed E-state index contributed by atoms with van der Waals surface area (Å²) in [4.78, 5) is 13.6. The summed E-state index contributed by atoms with van der Waals surface area (Å²) in [6.07, 6.45) is 0. The van der Waals surface area contributed by atoms with Gasteiger partial charge in [0.1, 0.15) is 5.75 Å². The van der Waals surface area contributed by atoms with Crippen LogP contribution in [0.25, 0.3) is 0 Å². The zero-order chi connectivity index (χ0) is 19.6. The van der Waals surface area contributed by atoms with Gasteiger partial charge < -0.3 is 14.2 Å². The lowest BCUT2D eigenvalue weighted by atomic mass is 10.2. The Bertz CT molecular complexity index is 986. The number of rotatable bonds is 6. The second-order valence-corrected chi connectivity index (χ2v) is 7.19. The highest BCUT2D eigenvalue weighted by Crippen LogP contribution is 2.32. The lowest BCUT2D eigenvalue weighted by Crippen LogP contribution is -2.41. The lowest BCUT2D eigenvalue weighted by molar-refractivity contribution is -0.0498. The maximum atomic E-state index is 12.2. The molecular weight excluding hydrogens is 410 g/mol. The smallest absolute Gasteiger partial charge is 0.387 e. The fourth-order valence-electron chi connectivity index (χ4n) is 2.12. The molecule has 144 valence electrons. The second-order valence-electron chi connectivity index (χ2n) is 5.10. The molecule has 0 unspecified atom stereocenters. The van der Waals surface area contributed by atoms with Gasteiger partial charge in [0.2, 0.25) is 6.79 Å². The highest BCUT2D eigenvalue weighted by Gasteiger charge is 2.20. The molecule has 1 aliphatic heterocycles. The van der Waals surface area contributed by atoms with Crippen LogP contribution in [-0.4, -0.2) is 27.7 Å². The Morgan fingerprint density at radius 3 is 2.59 bits per heavy atom. The molecular formula is C15H11ClF2N2O6S. The van der Waals surface area contributed by atoms with Gasteiger partial charge in [0.25, 0.3) is 15.9 Å². The minimum absolute atomic E-state index is 0.0268. The van der Waals surface area contributed by atoms with Gasteiger partial charge in [-0.05, 0) is 36.4 Å². The standard InChI is InChI=1S/C15H11ClF2N2O6S/c16-10-6-9(2-4-11(10)26-15(17)18)27(22,23)20-19-14(21)8-1-3-12-13(5-8)25-7-24-12/h1-6,15,20H,7H2,(H,19,21). The molecule has 27 heavy (non-hydrogen) atoms. The summed E-state index contributed by atoms with van der Waals surface area (Å²) < 4.78 is 63.3. The van der Waals surface area contributed by atoms with Crippen LogP contribution in [0.1, 0.15) is 10.4 Å². The summed E-state index contributed by atoms with van der Waals surface area (Å²) in [5.74, 6) is -0.310. The van der Waals surface area contributed by atoms with Gasteiger partial charge in [-0.15, -0.1) is 4.83 Å². The van der Waals surface area contributed by atoms with Gasteiger partial charge in [-0.25, -0.2) is 8.42 Å². The zero-order valence-corrected chi connectivity index (χ0v) is 14.8. The number of nitrogens with one attached hydrogen (secondary N) is 2. The second kappa shape index (κ2) is 7.55. The molecule has 0 aromatic heterocycles. The van der Waals surface area contributed by atoms with Crippen LogP contribution in [-0.2, 0) is 10.0 Å². The quantitative estimate of drug-likeness (QED) is 0.695. The number of ether oxygens (including phenoxy) is 3. The van der Waals surface area contributed by atoms with E-state index in [1.54, 1.807) is 0 Å². The number of sulfonamides is 1. The average molecular weight is 421 g/mol. The average Bonchev–Trinajstić information content (AvgIpc) is 3.08. The van der Waals surface area contributed by atoms with Crippen molar-refractivity contribution in [2.24, 2.45) is 0 Å². The van der Waals surface area contributed by atoms with E-state index in [0.717, 1.165) is 18.2 Å². The number of carbonyl (C=O) groups is 1. The molecule has 0 saturated carbocycles. The largest absolute Gasteiger partial charge is 0.454 e. The molecule has 12 heteroatoms. The molecule has 2 aromatic carbocycles. The van der Waals surface area contributed by atoms with Crippen molar-refractivity contribution in [1.29, 1.82) is 0 Å². The first kappa shape index (κ1) is 19.1. The van der Waals surface area contributed by atoms with E-state index in [9.17, 15) is 22.0 Å². The maximum absolute atomic E-state index is 12.2. The Hall–Kier alpha value is -2.63. The van der Waals surface area contributed by atoms with Crippen LogP contribution >= 0.6 is 11.6 Å². The normalized spacial score (nSPS) is 12.9. The first-order chi connectivity index (χ1) is 12.8. The fraction of sp³-hybridized carbons (Fsp3) is 0.133. The van der Waals surface area contributed by atoms with Crippen LogP contribution in [0.3, 0.4) is 0 Å². The Balaban J connectivity index is 1.69. The molecule has 0 atom stereocenters. The highest BCUT2D eigenvalue weighted by atomic mass is 35.5. The lowest BCUT2D eigenvalue weighted by Gasteiger charge is -2.11. The van der Waals surface area contributed by atoms with E-state index in [1.807, 2.05) is 10.3 Å². The van der Waals surface area contributed by atoms with Crippen molar-refractivity contribution in [1.82, 2.24) is 10.3 Å². The predicted octanol–water partition coefficient (Wildman–Crippen LogP) is 2.29. The van der Waals surface area contributed by atoms with Crippen molar-refractivity contribution in [3.63, 3.8) is 0 Å². The van der Waals surface area contributed by atoms with Gasteiger partial charge in [0.05, 0.1) is 9.92 Å². The molecule has 8 nitrogen and oxygen atoms in total. The van der Waals surface area contributed by atoms with Gasteiger partial charge in [0, 0.05) is 5.56 Å². The molecule has 0 spiro atoms. The minimum atomic E-state index is -4.21. The predicted molar refractivity (Wildman–Crippen MR) is 88.4 cm³/mol. The van der Waals surface area contributed by atoms with E-state index in [0.29, 0.717) is 11.5 Å². The number of hydrazine groups is 1. The van der Waals surface area contributed by atoms with E-state index in [2.05, 4.69) is 4.74 Å². The molecule has 0 bridgehead atoms. The number of carbonyl (C=O) groups excluding carboxylic acids is 1. The molecule has 2 N–H and O–H groups in total. The van der Waals surface area contributed by atoms with Crippen LogP contribution in [0.15, 0.2) is 41.3 Å². The number of amides is 1. The summed E-state index contributed by atoms with van der Waals surface area (Å²) in [6, 6.07) is 7.20. The Morgan fingerprint density at radius 1 is 1.15 bits per heavy atom. The Labute approximate surface area is 157 Å². The third kappa shape index (κ3) is 4.38. The summed E-state index contributed by atoms with van der Waals surface area (Å²) >= 11 is 5.73. The molecule has 0 aliphatic carbocycles. The number of alkyl halides is 2. The van der Waals surface area contributed by atoms with Crippen molar-refractivity contribution in [2.45, 2.75) is 11.5 Å². The first-order valence-electron chi connectivity index (χ1n) is 7.22. The van der Waals surface area contributed by atoms with E-state index in [-0.39, 0.29) is 28.0 Å². The minimum Gasteiger partial charge on any atom is -0.454 e. The topological polar surface area (TPSA) is 103 Å². The summed E-state index contributed by atoms with van der Waals surface area (Å²) in [6.45, 7) is -3.08. The van der Waals surface area contributed by atoms with Crippen molar-refractivity contribution < 1.29 is 36.2 Å².